The molecule has 2 atom stereocenters. The number of piperidine rings is 1. The number of carbonyl (C=O) groups excluding carboxylic acids is 1. The summed E-state index contributed by atoms with van der Waals surface area (Å²) in [6.07, 6.45) is -0.777. The number of hydrogen-bond donors (Lipinski definition) is 2. The molecule has 2 aliphatic rings. The number of rotatable bonds is 6. The van der Waals surface area contributed by atoms with Gasteiger partial charge in [0, 0.05) is 71.6 Å². The Balaban J connectivity index is 1.36. The molecular weight excluding hydrogens is 495 g/mol. The Morgan fingerprint density at radius 1 is 1.14 bits per heavy atom. The Hall–Kier alpha value is -3.09. The van der Waals surface area contributed by atoms with E-state index in [4.69, 9.17) is 9.47 Å². The average molecular weight is 520 g/mol. The van der Waals surface area contributed by atoms with Crippen molar-refractivity contribution in [2.75, 3.05) is 26.3 Å². The predicted octanol–water partition coefficient (Wildman–Crippen LogP) is 3.47. The summed E-state index contributed by atoms with van der Waals surface area (Å²) in [5, 5.41) is 6.90. The Labute approximate surface area is 209 Å². The van der Waals surface area contributed by atoms with E-state index in [1.165, 1.54) is 11.3 Å². The maximum Gasteiger partial charge on any atom is 0.451 e. The molecule has 2 saturated heterocycles. The van der Waals surface area contributed by atoms with Crippen LogP contribution in [0, 0.1) is 18.8 Å². The van der Waals surface area contributed by atoms with E-state index in [0.717, 1.165) is 40.9 Å². The number of halogens is 3. The monoisotopic (exact) mass is 519 g/mol. The average Bonchev–Trinajstić information content (AvgIpc) is 3.28. The lowest BCUT2D eigenvalue weighted by Gasteiger charge is -2.42. The van der Waals surface area contributed by atoms with Crippen LogP contribution >= 0.6 is 11.3 Å². The van der Waals surface area contributed by atoms with Crippen molar-refractivity contribution < 1.29 is 27.4 Å². The highest BCUT2D eigenvalue weighted by molar-refractivity contribution is 7.14. The van der Waals surface area contributed by atoms with Crippen LogP contribution in [-0.2, 0) is 17.5 Å². The summed E-state index contributed by atoms with van der Waals surface area (Å²) in [5.74, 6) is -0.643. The summed E-state index contributed by atoms with van der Waals surface area (Å²) in [5.41, 5.74) is 1.46. The minimum absolute atomic E-state index is 0.0243. The SMILES string of the molecule is Cc1cnc(-c2cc(OC3C4CNCC3COC4)cc(C(=O)NCc3cnc(C(F)(F)F)nc3)c2)s1. The molecule has 0 saturated carbocycles. The minimum atomic E-state index is -4.62. The number of nitrogens with zero attached hydrogens (tertiary/aromatic N) is 3. The second-order valence-electron chi connectivity index (χ2n) is 8.92. The molecule has 1 aromatic carbocycles. The molecule has 3 aromatic rings. The number of thiazole rings is 1. The standard InChI is InChI=1S/C24H24F3N5O3S/c1-13-5-30-22(36-13)16-2-15(21(33)29-6-14-7-31-23(32-8-14)24(25,26)27)3-19(4-16)35-20-17-9-28-10-18(20)12-34-11-17/h2-5,7-8,17-18,20,28H,6,9-12H2,1H3,(H,29,33). The molecule has 8 nitrogen and oxygen atoms in total. The zero-order valence-electron chi connectivity index (χ0n) is 19.3. The number of fused-ring (bicyclic) bond motifs is 2. The second kappa shape index (κ2) is 10.1. The molecule has 190 valence electrons. The van der Waals surface area contributed by atoms with E-state index in [1.807, 2.05) is 13.0 Å². The van der Waals surface area contributed by atoms with Crippen molar-refractivity contribution in [2.24, 2.45) is 11.8 Å². The maximum atomic E-state index is 13.0. The Bertz CT molecular complexity index is 1210. The van der Waals surface area contributed by atoms with Gasteiger partial charge >= 0.3 is 6.18 Å². The smallest absolute Gasteiger partial charge is 0.451 e. The largest absolute Gasteiger partial charge is 0.490 e. The van der Waals surface area contributed by atoms with E-state index in [-0.39, 0.29) is 24.5 Å². The van der Waals surface area contributed by atoms with Crippen molar-refractivity contribution in [1.82, 2.24) is 25.6 Å². The molecule has 2 aliphatic heterocycles. The Kier molecular flexibility index (Phi) is 6.91. The molecule has 36 heavy (non-hydrogen) atoms. The number of aryl methyl sites for hydroxylation is 1. The van der Waals surface area contributed by atoms with Crippen molar-refractivity contribution >= 4 is 17.2 Å². The molecule has 2 N–H and O–H groups in total. The first-order valence-corrected chi connectivity index (χ1v) is 12.3. The van der Waals surface area contributed by atoms with Crippen LogP contribution in [-0.4, -0.2) is 53.3 Å². The molecule has 2 bridgehead atoms. The van der Waals surface area contributed by atoms with Gasteiger partial charge in [-0.2, -0.15) is 13.2 Å². The molecule has 0 radical (unpaired) electrons. The predicted molar refractivity (Wildman–Crippen MR) is 126 cm³/mol. The van der Waals surface area contributed by atoms with Gasteiger partial charge in [0.15, 0.2) is 0 Å². The lowest BCUT2D eigenvalue weighted by atomic mass is 9.85. The lowest BCUT2D eigenvalue weighted by molar-refractivity contribution is -0.145. The summed E-state index contributed by atoms with van der Waals surface area (Å²) in [6, 6.07) is 5.30. The van der Waals surface area contributed by atoms with E-state index in [0.29, 0.717) is 30.1 Å². The number of carbonyl (C=O) groups is 1. The molecule has 2 fully saturated rings. The van der Waals surface area contributed by atoms with E-state index in [9.17, 15) is 18.0 Å². The van der Waals surface area contributed by atoms with Gasteiger partial charge in [-0.1, -0.05) is 0 Å². The molecule has 12 heteroatoms. The maximum absolute atomic E-state index is 13.0. The fourth-order valence-electron chi connectivity index (χ4n) is 4.39. The molecule has 0 spiro atoms. The van der Waals surface area contributed by atoms with Gasteiger partial charge in [-0.25, -0.2) is 15.0 Å². The first-order valence-electron chi connectivity index (χ1n) is 11.5. The van der Waals surface area contributed by atoms with Gasteiger partial charge in [-0.05, 0) is 25.1 Å². The second-order valence-corrected chi connectivity index (χ2v) is 10.2. The van der Waals surface area contributed by atoms with Gasteiger partial charge in [0.1, 0.15) is 16.9 Å². The number of ether oxygens (including phenoxy) is 2. The number of nitrogens with one attached hydrogen (secondary N) is 2. The zero-order chi connectivity index (χ0) is 25.3. The molecule has 4 heterocycles. The van der Waals surface area contributed by atoms with Crippen LogP contribution in [0.4, 0.5) is 13.2 Å². The van der Waals surface area contributed by atoms with Crippen molar-refractivity contribution in [2.45, 2.75) is 25.7 Å². The molecular formula is C24H24F3N5O3S. The number of benzene rings is 1. The topological polar surface area (TPSA) is 98.3 Å². The number of amides is 1. The van der Waals surface area contributed by atoms with Crippen LogP contribution in [0.25, 0.3) is 10.6 Å². The van der Waals surface area contributed by atoms with Crippen molar-refractivity contribution in [3.63, 3.8) is 0 Å². The minimum Gasteiger partial charge on any atom is -0.490 e. The Morgan fingerprint density at radius 2 is 1.86 bits per heavy atom. The van der Waals surface area contributed by atoms with Crippen LogP contribution in [0.5, 0.6) is 5.75 Å². The van der Waals surface area contributed by atoms with E-state index < -0.39 is 17.9 Å². The van der Waals surface area contributed by atoms with Gasteiger partial charge in [0.25, 0.3) is 5.91 Å². The van der Waals surface area contributed by atoms with E-state index >= 15 is 0 Å². The van der Waals surface area contributed by atoms with Gasteiger partial charge in [-0.15, -0.1) is 11.3 Å². The summed E-state index contributed by atoms with van der Waals surface area (Å²) in [6.45, 7) is 4.76. The molecule has 5 rings (SSSR count). The Morgan fingerprint density at radius 3 is 2.50 bits per heavy atom. The van der Waals surface area contributed by atoms with Crippen molar-refractivity contribution in [1.29, 1.82) is 0 Å². The lowest BCUT2D eigenvalue weighted by Crippen LogP contribution is -2.56. The normalized spacial score (nSPS) is 21.7. The van der Waals surface area contributed by atoms with Gasteiger partial charge in [0.2, 0.25) is 5.82 Å². The summed E-state index contributed by atoms with van der Waals surface area (Å²) < 4.78 is 50.2. The van der Waals surface area contributed by atoms with E-state index in [2.05, 4.69) is 25.6 Å². The zero-order valence-corrected chi connectivity index (χ0v) is 20.2. The third kappa shape index (κ3) is 5.50. The number of alkyl halides is 3. The summed E-state index contributed by atoms with van der Waals surface area (Å²) >= 11 is 1.51. The third-order valence-electron chi connectivity index (χ3n) is 6.13. The third-order valence-corrected chi connectivity index (χ3v) is 7.09. The van der Waals surface area contributed by atoms with E-state index in [1.54, 1.807) is 18.3 Å². The number of aromatic nitrogens is 3. The van der Waals surface area contributed by atoms with Crippen LogP contribution in [0.15, 0.2) is 36.8 Å². The van der Waals surface area contributed by atoms with Gasteiger partial charge in [0.05, 0.1) is 13.2 Å². The van der Waals surface area contributed by atoms with Gasteiger partial charge < -0.3 is 20.1 Å². The summed E-state index contributed by atoms with van der Waals surface area (Å²) in [4.78, 5) is 25.2. The van der Waals surface area contributed by atoms with Crippen LogP contribution in [0.2, 0.25) is 0 Å². The quantitative estimate of drug-likeness (QED) is 0.515. The number of hydrogen-bond acceptors (Lipinski definition) is 8. The fraction of sp³-hybridized carbons (Fsp3) is 0.417. The van der Waals surface area contributed by atoms with Crippen LogP contribution in [0.1, 0.15) is 26.6 Å². The highest BCUT2D eigenvalue weighted by atomic mass is 32.1. The molecule has 2 aromatic heterocycles. The van der Waals surface area contributed by atoms with Crippen LogP contribution < -0.4 is 15.4 Å². The van der Waals surface area contributed by atoms with Crippen LogP contribution in [0.3, 0.4) is 0 Å². The fourth-order valence-corrected chi connectivity index (χ4v) is 5.14. The molecule has 0 aliphatic carbocycles. The van der Waals surface area contributed by atoms with Crippen molar-refractivity contribution in [3.8, 4) is 16.3 Å². The first kappa shape index (κ1) is 24.6. The van der Waals surface area contributed by atoms with Crippen molar-refractivity contribution in [3.05, 3.63) is 58.6 Å². The molecule has 2 unspecified atom stereocenters. The highest BCUT2D eigenvalue weighted by Crippen LogP contribution is 2.33. The highest BCUT2D eigenvalue weighted by Gasteiger charge is 2.39. The molecule has 1 amide bonds. The summed E-state index contributed by atoms with van der Waals surface area (Å²) in [7, 11) is 0. The first-order chi connectivity index (χ1) is 17.3. The van der Waals surface area contributed by atoms with Gasteiger partial charge in [-0.3, -0.25) is 4.79 Å².